The van der Waals surface area contributed by atoms with E-state index in [1.807, 2.05) is 6.07 Å². The molecule has 2 rings (SSSR count). The normalized spacial score (nSPS) is 15.3. The van der Waals surface area contributed by atoms with Gasteiger partial charge < -0.3 is 9.64 Å². The molecule has 0 spiro atoms. The molecule has 21 heavy (non-hydrogen) atoms. The predicted octanol–water partition coefficient (Wildman–Crippen LogP) is 1.97. The van der Waals surface area contributed by atoms with Crippen LogP contribution >= 0.6 is 0 Å². The third-order valence-corrected chi connectivity index (χ3v) is 3.71. The third kappa shape index (κ3) is 4.06. The van der Waals surface area contributed by atoms with E-state index >= 15 is 0 Å². The fourth-order valence-electron chi connectivity index (χ4n) is 2.24. The maximum absolute atomic E-state index is 11.9. The van der Waals surface area contributed by atoms with Crippen molar-refractivity contribution < 1.29 is 14.3 Å². The molecule has 0 atom stereocenters. The first-order valence-corrected chi connectivity index (χ1v) is 7.05. The molecule has 1 heterocycles. The van der Waals surface area contributed by atoms with Crippen LogP contribution in [0.15, 0.2) is 24.3 Å². The Morgan fingerprint density at radius 3 is 2.48 bits per heavy atom. The molecule has 1 aromatic rings. The zero-order valence-corrected chi connectivity index (χ0v) is 12.0. The second kappa shape index (κ2) is 6.89. The lowest BCUT2D eigenvalue weighted by Gasteiger charge is -2.30. The average molecular weight is 286 g/mol. The number of nitrogens with zero attached hydrogens (tertiary/aromatic N) is 2. The van der Waals surface area contributed by atoms with Gasteiger partial charge in [-0.1, -0.05) is 6.92 Å². The summed E-state index contributed by atoms with van der Waals surface area (Å²) in [6, 6.07) is 8.11. The van der Waals surface area contributed by atoms with Crippen molar-refractivity contribution in [2.45, 2.75) is 19.8 Å². The lowest BCUT2D eigenvalue weighted by Crippen LogP contribution is -2.40. The van der Waals surface area contributed by atoms with Crippen LogP contribution < -0.4 is 0 Å². The summed E-state index contributed by atoms with van der Waals surface area (Å²) >= 11 is 0. The maximum atomic E-state index is 11.9. The highest BCUT2D eigenvalue weighted by Crippen LogP contribution is 2.16. The number of carbonyl (C=O) groups is 2. The van der Waals surface area contributed by atoms with Gasteiger partial charge in [-0.3, -0.25) is 4.79 Å². The van der Waals surface area contributed by atoms with Crippen molar-refractivity contribution in [3.8, 4) is 6.07 Å². The van der Waals surface area contributed by atoms with Crippen LogP contribution in [0.1, 0.15) is 35.7 Å². The molecule has 5 nitrogen and oxygen atoms in total. The van der Waals surface area contributed by atoms with Crippen LogP contribution in [-0.2, 0) is 9.53 Å². The number of hydrogen-bond donors (Lipinski definition) is 0. The van der Waals surface area contributed by atoms with Crippen molar-refractivity contribution in [2.75, 3.05) is 19.7 Å². The topological polar surface area (TPSA) is 70.4 Å². The molecule has 1 aliphatic heterocycles. The minimum Gasteiger partial charge on any atom is -0.452 e. The molecule has 0 unspecified atom stereocenters. The van der Waals surface area contributed by atoms with Crippen LogP contribution in [0.3, 0.4) is 0 Å². The van der Waals surface area contributed by atoms with E-state index in [0.717, 1.165) is 25.9 Å². The molecule has 1 aromatic carbocycles. The second-order valence-corrected chi connectivity index (χ2v) is 5.33. The Bertz CT molecular complexity index is 552. The first-order chi connectivity index (χ1) is 10.1. The van der Waals surface area contributed by atoms with Gasteiger partial charge in [0.2, 0.25) is 0 Å². The van der Waals surface area contributed by atoms with Crippen LogP contribution in [0.5, 0.6) is 0 Å². The molecule has 110 valence electrons. The van der Waals surface area contributed by atoms with E-state index in [9.17, 15) is 9.59 Å². The minimum absolute atomic E-state index is 0.149. The average Bonchev–Trinajstić information content (AvgIpc) is 2.53. The van der Waals surface area contributed by atoms with Crippen molar-refractivity contribution in [3.63, 3.8) is 0 Å². The van der Waals surface area contributed by atoms with Gasteiger partial charge in [0.1, 0.15) is 0 Å². The van der Waals surface area contributed by atoms with Crippen LogP contribution in [0.4, 0.5) is 0 Å². The number of rotatable bonds is 3. The molecule has 0 aliphatic carbocycles. The van der Waals surface area contributed by atoms with Crippen molar-refractivity contribution in [2.24, 2.45) is 5.92 Å². The Morgan fingerprint density at radius 2 is 1.90 bits per heavy atom. The van der Waals surface area contributed by atoms with Gasteiger partial charge in [0.05, 0.1) is 17.2 Å². The van der Waals surface area contributed by atoms with Crippen molar-refractivity contribution in [1.82, 2.24) is 4.90 Å². The molecule has 0 N–H and O–H groups in total. The molecule has 0 saturated carbocycles. The van der Waals surface area contributed by atoms with Gasteiger partial charge >= 0.3 is 5.97 Å². The summed E-state index contributed by atoms with van der Waals surface area (Å²) in [6.07, 6.45) is 1.99. The molecule has 5 heteroatoms. The number of piperidine rings is 1. The molecule has 1 saturated heterocycles. The van der Waals surface area contributed by atoms with E-state index in [4.69, 9.17) is 10.00 Å². The van der Waals surface area contributed by atoms with Crippen LogP contribution in [0.2, 0.25) is 0 Å². The highest BCUT2D eigenvalue weighted by molar-refractivity contribution is 5.91. The first-order valence-electron chi connectivity index (χ1n) is 7.05. The molecular formula is C16H18N2O3. The smallest absolute Gasteiger partial charge is 0.338 e. The van der Waals surface area contributed by atoms with E-state index in [1.165, 1.54) is 12.1 Å². The number of carbonyl (C=O) groups excluding carboxylic acids is 2. The number of esters is 1. The largest absolute Gasteiger partial charge is 0.452 e. The summed E-state index contributed by atoms with van der Waals surface area (Å²) in [5.74, 6) is -0.0441. The van der Waals surface area contributed by atoms with Gasteiger partial charge in [-0.25, -0.2) is 4.79 Å². The van der Waals surface area contributed by atoms with Crippen LogP contribution in [-0.4, -0.2) is 36.5 Å². The number of benzene rings is 1. The van der Waals surface area contributed by atoms with Gasteiger partial charge in [-0.15, -0.1) is 0 Å². The molecular weight excluding hydrogens is 268 g/mol. The Morgan fingerprint density at radius 1 is 1.29 bits per heavy atom. The molecule has 0 radical (unpaired) electrons. The molecule has 0 bridgehead atoms. The molecule has 1 fully saturated rings. The molecule has 0 aromatic heterocycles. The lowest BCUT2D eigenvalue weighted by molar-refractivity contribution is -0.135. The fraction of sp³-hybridized carbons (Fsp3) is 0.438. The second-order valence-electron chi connectivity index (χ2n) is 5.33. The maximum Gasteiger partial charge on any atom is 0.338 e. The van der Waals surface area contributed by atoms with E-state index in [1.54, 1.807) is 17.0 Å². The number of amides is 1. The standard InChI is InChI=1S/C16H18N2O3/c1-12-6-8-18(9-7-12)15(19)11-21-16(20)14-4-2-13(10-17)3-5-14/h2-5,12H,6-9,11H2,1H3. The zero-order chi connectivity index (χ0) is 15.2. The third-order valence-electron chi connectivity index (χ3n) is 3.71. The predicted molar refractivity (Wildman–Crippen MR) is 76.4 cm³/mol. The minimum atomic E-state index is -0.543. The summed E-state index contributed by atoms with van der Waals surface area (Å²) < 4.78 is 5.03. The summed E-state index contributed by atoms with van der Waals surface area (Å²) in [5, 5.41) is 8.69. The Labute approximate surface area is 124 Å². The zero-order valence-electron chi connectivity index (χ0n) is 12.0. The van der Waals surface area contributed by atoms with Crippen molar-refractivity contribution in [3.05, 3.63) is 35.4 Å². The number of hydrogen-bond acceptors (Lipinski definition) is 4. The van der Waals surface area contributed by atoms with Crippen molar-refractivity contribution in [1.29, 1.82) is 5.26 Å². The first kappa shape index (κ1) is 15.0. The van der Waals surface area contributed by atoms with Crippen molar-refractivity contribution >= 4 is 11.9 Å². The van der Waals surface area contributed by atoms with Gasteiger partial charge in [-0.2, -0.15) is 5.26 Å². The van der Waals surface area contributed by atoms with Gasteiger partial charge in [0.15, 0.2) is 6.61 Å². The van der Waals surface area contributed by atoms with Crippen LogP contribution in [0.25, 0.3) is 0 Å². The van der Waals surface area contributed by atoms with Gasteiger partial charge in [0.25, 0.3) is 5.91 Å². The lowest BCUT2D eigenvalue weighted by atomic mass is 9.99. The Hall–Kier alpha value is -2.35. The molecule has 1 amide bonds. The van der Waals surface area contributed by atoms with Crippen LogP contribution in [0, 0.1) is 17.2 Å². The number of nitriles is 1. The number of likely N-dealkylation sites (tertiary alicyclic amines) is 1. The SMILES string of the molecule is CC1CCN(C(=O)COC(=O)c2ccc(C#N)cc2)CC1. The molecule has 1 aliphatic rings. The highest BCUT2D eigenvalue weighted by atomic mass is 16.5. The Balaban J connectivity index is 1.83. The van der Waals surface area contributed by atoms with E-state index in [-0.39, 0.29) is 12.5 Å². The fourth-order valence-corrected chi connectivity index (χ4v) is 2.24. The van der Waals surface area contributed by atoms with E-state index in [2.05, 4.69) is 6.92 Å². The highest BCUT2D eigenvalue weighted by Gasteiger charge is 2.21. The van der Waals surface area contributed by atoms with E-state index in [0.29, 0.717) is 17.0 Å². The number of ether oxygens (including phenoxy) is 1. The summed E-state index contributed by atoms with van der Waals surface area (Å²) in [4.78, 5) is 25.5. The Kier molecular flexibility index (Phi) is 4.94. The van der Waals surface area contributed by atoms with Gasteiger partial charge in [-0.05, 0) is 43.0 Å². The summed E-state index contributed by atoms with van der Waals surface area (Å²) in [5.41, 5.74) is 0.819. The van der Waals surface area contributed by atoms with Gasteiger partial charge in [0, 0.05) is 13.1 Å². The summed E-state index contributed by atoms with van der Waals surface area (Å²) in [6.45, 7) is 3.41. The quantitative estimate of drug-likeness (QED) is 0.797. The summed E-state index contributed by atoms with van der Waals surface area (Å²) in [7, 11) is 0. The monoisotopic (exact) mass is 286 g/mol. The van der Waals surface area contributed by atoms with E-state index < -0.39 is 5.97 Å².